The lowest BCUT2D eigenvalue weighted by atomic mass is 10.0. The molecule has 35 heavy (non-hydrogen) atoms. The van der Waals surface area contributed by atoms with Gasteiger partial charge in [-0.15, -0.1) is 0 Å². The fourth-order valence-corrected chi connectivity index (χ4v) is 3.94. The van der Waals surface area contributed by atoms with Crippen LogP contribution in [-0.4, -0.2) is 70.3 Å². The van der Waals surface area contributed by atoms with Crippen molar-refractivity contribution in [1.82, 2.24) is 15.5 Å². The molecular formula is C24H35N5O6. The zero-order valence-corrected chi connectivity index (χ0v) is 20.1. The molecule has 4 unspecified atom stereocenters. The van der Waals surface area contributed by atoms with Crippen LogP contribution in [0.4, 0.5) is 0 Å². The van der Waals surface area contributed by atoms with Crippen molar-refractivity contribution < 1.29 is 29.1 Å². The largest absolute Gasteiger partial charge is 0.480 e. The number of likely N-dealkylation sites (tertiary alicyclic amines) is 1. The van der Waals surface area contributed by atoms with Crippen LogP contribution in [0.1, 0.15) is 45.1 Å². The Labute approximate surface area is 204 Å². The molecule has 11 nitrogen and oxygen atoms in total. The fraction of sp³-hybridized carbons (Fsp3) is 0.542. The van der Waals surface area contributed by atoms with Gasteiger partial charge >= 0.3 is 5.97 Å². The van der Waals surface area contributed by atoms with Crippen molar-refractivity contribution in [2.75, 3.05) is 6.54 Å². The number of hydrogen-bond acceptors (Lipinski definition) is 6. The van der Waals surface area contributed by atoms with Gasteiger partial charge in [-0.2, -0.15) is 0 Å². The van der Waals surface area contributed by atoms with E-state index in [-0.39, 0.29) is 31.7 Å². The van der Waals surface area contributed by atoms with E-state index in [1.54, 1.807) is 38.1 Å². The Hall–Kier alpha value is -3.47. The number of carbonyl (C=O) groups is 5. The first kappa shape index (κ1) is 27.8. The molecule has 0 bridgehead atoms. The van der Waals surface area contributed by atoms with Crippen LogP contribution >= 0.6 is 0 Å². The molecule has 1 fully saturated rings. The van der Waals surface area contributed by atoms with Crippen molar-refractivity contribution in [3.05, 3.63) is 35.9 Å². The Bertz CT molecular complexity index is 922. The predicted octanol–water partition coefficient (Wildman–Crippen LogP) is -0.477. The average Bonchev–Trinajstić information content (AvgIpc) is 3.31. The minimum atomic E-state index is -1.15. The summed E-state index contributed by atoms with van der Waals surface area (Å²) in [6, 6.07) is 4.91. The van der Waals surface area contributed by atoms with Crippen molar-refractivity contribution in [3.63, 3.8) is 0 Å². The van der Waals surface area contributed by atoms with Crippen LogP contribution in [-0.2, 0) is 30.4 Å². The smallest absolute Gasteiger partial charge is 0.326 e. The van der Waals surface area contributed by atoms with Crippen molar-refractivity contribution in [2.24, 2.45) is 17.4 Å². The van der Waals surface area contributed by atoms with Crippen molar-refractivity contribution in [2.45, 2.75) is 70.1 Å². The third kappa shape index (κ3) is 8.06. The van der Waals surface area contributed by atoms with Gasteiger partial charge in [-0.05, 0) is 30.7 Å². The van der Waals surface area contributed by atoms with Crippen LogP contribution in [0.25, 0.3) is 0 Å². The van der Waals surface area contributed by atoms with Crippen LogP contribution in [0.15, 0.2) is 30.3 Å². The number of aliphatic carboxylic acids is 1. The van der Waals surface area contributed by atoms with E-state index in [0.29, 0.717) is 12.8 Å². The van der Waals surface area contributed by atoms with Crippen molar-refractivity contribution in [3.8, 4) is 0 Å². The van der Waals surface area contributed by atoms with E-state index in [9.17, 15) is 29.1 Å². The maximum absolute atomic E-state index is 13.4. The highest BCUT2D eigenvalue weighted by Crippen LogP contribution is 2.20. The van der Waals surface area contributed by atoms with Crippen molar-refractivity contribution in [1.29, 1.82) is 0 Å². The summed E-state index contributed by atoms with van der Waals surface area (Å²) in [5, 5.41) is 14.7. The highest BCUT2D eigenvalue weighted by molar-refractivity contribution is 5.94. The second kappa shape index (κ2) is 12.8. The first-order chi connectivity index (χ1) is 16.5. The summed E-state index contributed by atoms with van der Waals surface area (Å²) in [7, 11) is 0. The van der Waals surface area contributed by atoms with E-state index in [1.807, 2.05) is 6.07 Å². The standard InChI is InChI=1S/C24H35N5O6/c1-14(2)20(26)22(32)27-16(10-11-19(25)30)21(31)28-17(13-15-7-4-3-5-8-15)23(33)29-12-6-9-18(29)24(34)35/h3-5,7-8,14,16-18,20H,6,9-13,26H2,1-2H3,(H2,25,30)(H,27,32)(H,28,31)(H,34,35). The molecule has 1 saturated heterocycles. The maximum atomic E-state index is 13.4. The highest BCUT2D eigenvalue weighted by Gasteiger charge is 2.38. The lowest BCUT2D eigenvalue weighted by molar-refractivity contribution is -0.149. The number of nitrogens with two attached hydrogens (primary N) is 2. The molecule has 2 rings (SSSR count). The van der Waals surface area contributed by atoms with E-state index >= 15 is 0 Å². The molecule has 0 radical (unpaired) electrons. The summed E-state index contributed by atoms with van der Waals surface area (Å²) in [6.07, 6.45) is 0.748. The van der Waals surface area contributed by atoms with E-state index in [2.05, 4.69) is 10.6 Å². The SMILES string of the molecule is CC(C)C(N)C(=O)NC(CCC(N)=O)C(=O)NC(Cc1ccccc1)C(=O)N1CCCC1C(=O)O. The third-order valence-electron chi connectivity index (χ3n) is 6.05. The molecule has 0 saturated carbocycles. The lowest BCUT2D eigenvalue weighted by Crippen LogP contribution is -2.58. The van der Waals surface area contributed by atoms with Gasteiger partial charge in [0, 0.05) is 19.4 Å². The van der Waals surface area contributed by atoms with Crippen LogP contribution < -0.4 is 22.1 Å². The number of nitrogens with zero attached hydrogens (tertiary/aromatic N) is 1. The topological polar surface area (TPSA) is 185 Å². The summed E-state index contributed by atoms with van der Waals surface area (Å²) in [6.45, 7) is 3.78. The first-order valence-corrected chi connectivity index (χ1v) is 11.7. The molecule has 4 atom stereocenters. The molecular weight excluding hydrogens is 454 g/mol. The van der Waals surface area contributed by atoms with Crippen LogP contribution in [0.5, 0.6) is 0 Å². The lowest BCUT2D eigenvalue weighted by Gasteiger charge is -2.29. The molecule has 1 aliphatic heterocycles. The monoisotopic (exact) mass is 489 g/mol. The predicted molar refractivity (Wildman–Crippen MR) is 128 cm³/mol. The molecule has 1 heterocycles. The van der Waals surface area contributed by atoms with Gasteiger partial charge in [-0.3, -0.25) is 19.2 Å². The zero-order chi connectivity index (χ0) is 26.1. The number of primary amides is 1. The van der Waals surface area contributed by atoms with E-state index < -0.39 is 53.8 Å². The molecule has 1 aliphatic rings. The number of carboxylic acid groups (broad SMARTS) is 1. The van der Waals surface area contributed by atoms with Gasteiger partial charge < -0.3 is 32.1 Å². The van der Waals surface area contributed by atoms with Crippen LogP contribution in [0.2, 0.25) is 0 Å². The first-order valence-electron chi connectivity index (χ1n) is 11.7. The van der Waals surface area contributed by atoms with Crippen LogP contribution in [0.3, 0.4) is 0 Å². The van der Waals surface area contributed by atoms with Gasteiger partial charge in [-0.25, -0.2) is 4.79 Å². The summed E-state index contributed by atoms with van der Waals surface area (Å²) in [5.41, 5.74) is 11.9. The fourth-order valence-electron chi connectivity index (χ4n) is 3.94. The third-order valence-corrected chi connectivity index (χ3v) is 6.05. The Morgan fingerprint density at radius 1 is 1.06 bits per heavy atom. The molecule has 0 aromatic heterocycles. The summed E-state index contributed by atoms with van der Waals surface area (Å²) in [5.74, 6) is -3.72. The molecule has 192 valence electrons. The van der Waals surface area contributed by atoms with E-state index in [1.165, 1.54) is 4.90 Å². The number of benzene rings is 1. The Balaban J connectivity index is 2.26. The van der Waals surface area contributed by atoms with Gasteiger partial charge in [0.1, 0.15) is 18.1 Å². The molecule has 11 heteroatoms. The number of nitrogens with one attached hydrogen (secondary N) is 2. The number of hydrogen-bond donors (Lipinski definition) is 5. The maximum Gasteiger partial charge on any atom is 0.326 e. The van der Waals surface area contributed by atoms with Gasteiger partial charge in [0.2, 0.25) is 23.6 Å². The molecule has 4 amide bonds. The van der Waals surface area contributed by atoms with Gasteiger partial charge in [0.15, 0.2) is 0 Å². The van der Waals surface area contributed by atoms with Crippen LogP contribution in [0, 0.1) is 5.92 Å². The summed E-state index contributed by atoms with van der Waals surface area (Å²) >= 11 is 0. The summed E-state index contributed by atoms with van der Waals surface area (Å²) < 4.78 is 0. The minimum Gasteiger partial charge on any atom is -0.480 e. The highest BCUT2D eigenvalue weighted by atomic mass is 16.4. The van der Waals surface area contributed by atoms with E-state index in [0.717, 1.165) is 5.56 Å². The Kier molecular flexibility index (Phi) is 10.2. The van der Waals surface area contributed by atoms with Crippen molar-refractivity contribution >= 4 is 29.6 Å². The molecule has 7 N–H and O–H groups in total. The van der Waals surface area contributed by atoms with Gasteiger partial charge in [-0.1, -0.05) is 44.2 Å². The van der Waals surface area contributed by atoms with Gasteiger partial charge in [0.25, 0.3) is 0 Å². The molecule has 1 aromatic rings. The summed E-state index contributed by atoms with van der Waals surface area (Å²) in [4.78, 5) is 63.3. The average molecular weight is 490 g/mol. The number of carboxylic acids is 1. The molecule has 0 aliphatic carbocycles. The second-order valence-electron chi connectivity index (χ2n) is 9.11. The number of amides is 4. The Morgan fingerprint density at radius 3 is 2.26 bits per heavy atom. The quantitative estimate of drug-likeness (QED) is 0.262. The Morgan fingerprint density at radius 2 is 1.69 bits per heavy atom. The minimum absolute atomic E-state index is 0.0779. The normalized spacial score (nSPS) is 17.9. The number of carbonyl (C=O) groups excluding carboxylic acids is 4. The molecule has 1 aromatic carbocycles. The number of rotatable bonds is 12. The zero-order valence-electron chi connectivity index (χ0n) is 20.1. The second-order valence-corrected chi connectivity index (χ2v) is 9.11. The van der Waals surface area contributed by atoms with E-state index in [4.69, 9.17) is 11.5 Å². The van der Waals surface area contributed by atoms with Gasteiger partial charge in [0.05, 0.1) is 6.04 Å². The molecule has 0 spiro atoms.